The average molecular weight is 298 g/mol. The van der Waals surface area contributed by atoms with E-state index in [4.69, 9.17) is 0 Å². The van der Waals surface area contributed by atoms with E-state index < -0.39 is 0 Å². The van der Waals surface area contributed by atoms with Crippen molar-refractivity contribution in [3.05, 3.63) is 83.2 Å². The molecule has 0 bridgehead atoms. The van der Waals surface area contributed by atoms with Gasteiger partial charge in [-0.25, -0.2) is 4.39 Å². The van der Waals surface area contributed by atoms with Crippen molar-refractivity contribution in [1.29, 1.82) is 0 Å². The van der Waals surface area contributed by atoms with Crippen LogP contribution >= 0.6 is 0 Å². The van der Waals surface area contributed by atoms with Crippen molar-refractivity contribution in [1.82, 2.24) is 0 Å². The van der Waals surface area contributed by atoms with E-state index in [0.717, 1.165) is 17.2 Å². The maximum Gasteiger partial charge on any atom is 0.131 e. The van der Waals surface area contributed by atoms with Crippen molar-refractivity contribution >= 4 is 21.5 Å². The second-order valence-corrected chi connectivity index (χ2v) is 6.43. The van der Waals surface area contributed by atoms with E-state index in [9.17, 15) is 4.39 Å². The monoisotopic (exact) mass is 298 g/mol. The number of halogens is 1. The Labute approximate surface area is 134 Å². The highest BCUT2D eigenvalue weighted by Crippen LogP contribution is 2.43. The summed E-state index contributed by atoms with van der Waals surface area (Å²) in [5, 5.41) is 4.05. The maximum absolute atomic E-state index is 14.1. The highest BCUT2D eigenvalue weighted by Gasteiger charge is 2.21. The summed E-state index contributed by atoms with van der Waals surface area (Å²) in [6, 6.07) is 20.4. The Morgan fingerprint density at radius 3 is 2.39 bits per heavy atom. The second-order valence-electron chi connectivity index (χ2n) is 6.43. The molecular weight excluding hydrogens is 283 g/mol. The molecule has 0 amide bonds. The summed E-state index contributed by atoms with van der Waals surface area (Å²) < 4.78 is 14.1. The predicted molar refractivity (Wildman–Crippen MR) is 94.4 cm³/mol. The van der Waals surface area contributed by atoms with Gasteiger partial charge in [0.2, 0.25) is 0 Å². The molecule has 4 aromatic rings. The van der Waals surface area contributed by atoms with Gasteiger partial charge in [0.05, 0.1) is 0 Å². The van der Waals surface area contributed by atoms with E-state index in [1.165, 1.54) is 39.3 Å². The molecule has 0 spiro atoms. The van der Waals surface area contributed by atoms with Gasteiger partial charge >= 0.3 is 0 Å². The Kier molecular flexibility index (Phi) is 2.47. The fraction of sp³-hybridized carbons (Fsp3) is 0.0909. The standard InChI is InChI=1S/C22H15F/c1-13-5-6-14-12-15-7-8-17-16-3-2-4-21(23)18(16)9-10-19(17)22(15)20(14)11-13/h2-11H,12H2,1H3. The van der Waals surface area contributed by atoms with E-state index in [0.29, 0.717) is 5.39 Å². The number of fused-ring (bicyclic) bond motifs is 7. The number of hydrogen-bond acceptors (Lipinski definition) is 0. The van der Waals surface area contributed by atoms with Crippen molar-refractivity contribution in [3.8, 4) is 11.1 Å². The lowest BCUT2D eigenvalue weighted by Gasteiger charge is -2.10. The molecule has 0 unspecified atom stereocenters. The van der Waals surface area contributed by atoms with Crippen molar-refractivity contribution in [3.63, 3.8) is 0 Å². The van der Waals surface area contributed by atoms with Gasteiger partial charge in [-0.3, -0.25) is 0 Å². The predicted octanol–water partition coefficient (Wildman–Crippen LogP) is 6.01. The SMILES string of the molecule is Cc1ccc2c(c1)-c1c(ccc3c1ccc1c(F)cccc13)C2. The molecule has 1 heteroatoms. The zero-order chi connectivity index (χ0) is 15.6. The summed E-state index contributed by atoms with van der Waals surface area (Å²) in [5.41, 5.74) is 6.69. The molecule has 110 valence electrons. The second kappa shape index (κ2) is 4.42. The van der Waals surface area contributed by atoms with Gasteiger partial charge in [-0.15, -0.1) is 0 Å². The minimum Gasteiger partial charge on any atom is -0.206 e. The summed E-state index contributed by atoms with van der Waals surface area (Å²) in [5.74, 6) is -0.152. The lowest BCUT2D eigenvalue weighted by molar-refractivity contribution is 0.640. The van der Waals surface area contributed by atoms with Crippen molar-refractivity contribution in [2.45, 2.75) is 13.3 Å². The van der Waals surface area contributed by atoms with Crippen LogP contribution in [0.15, 0.2) is 60.7 Å². The Balaban J connectivity index is 1.94. The van der Waals surface area contributed by atoms with Crippen LogP contribution in [0.1, 0.15) is 16.7 Å². The normalized spacial score (nSPS) is 12.6. The number of rotatable bonds is 0. The Morgan fingerprint density at radius 1 is 0.739 bits per heavy atom. The molecule has 0 saturated heterocycles. The lowest BCUT2D eigenvalue weighted by Crippen LogP contribution is -1.86. The fourth-order valence-corrected chi connectivity index (χ4v) is 3.93. The third-order valence-electron chi connectivity index (χ3n) is 5.01. The summed E-state index contributed by atoms with van der Waals surface area (Å²) >= 11 is 0. The number of benzene rings is 4. The van der Waals surface area contributed by atoms with E-state index in [1.807, 2.05) is 12.1 Å². The van der Waals surface area contributed by atoms with E-state index >= 15 is 0 Å². The lowest BCUT2D eigenvalue weighted by atomic mass is 9.94. The van der Waals surface area contributed by atoms with Crippen LogP contribution in [0.2, 0.25) is 0 Å². The molecule has 0 N–H and O–H groups in total. The first-order chi connectivity index (χ1) is 11.2. The Morgan fingerprint density at radius 2 is 1.48 bits per heavy atom. The van der Waals surface area contributed by atoms with Crippen molar-refractivity contribution in [2.75, 3.05) is 0 Å². The molecule has 4 aromatic carbocycles. The Hall–Kier alpha value is -2.67. The molecule has 0 aromatic heterocycles. The largest absolute Gasteiger partial charge is 0.206 e. The zero-order valence-electron chi connectivity index (χ0n) is 12.9. The first-order valence-corrected chi connectivity index (χ1v) is 7.95. The van der Waals surface area contributed by atoms with Gasteiger partial charge in [-0.2, -0.15) is 0 Å². The van der Waals surface area contributed by atoms with Crippen LogP contribution in [0.4, 0.5) is 4.39 Å². The first kappa shape index (κ1) is 12.8. The molecule has 0 heterocycles. The molecule has 0 aliphatic heterocycles. The highest BCUT2D eigenvalue weighted by molar-refractivity contribution is 6.13. The third kappa shape index (κ3) is 1.71. The zero-order valence-corrected chi connectivity index (χ0v) is 12.9. The molecule has 0 saturated carbocycles. The average Bonchev–Trinajstić information content (AvgIpc) is 2.93. The topological polar surface area (TPSA) is 0 Å². The molecule has 1 aliphatic rings. The van der Waals surface area contributed by atoms with Gasteiger partial charge in [-0.05, 0) is 57.8 Å². The van der Waals surface area contributed by atoms with Gasteiger partial charge in [0, 0.05) is 5.39 Å². The van der Waals surface area contributed by atoms with Crippen molar-refractivity contribution < 1.29 is 4.39 Å². The maximum atomic E-state index is 14.1. The summed E-state index contributed by atoms with van der Waals surface area (Å²) in [6.45, 7) is 2.13. The molecule has 0 fully saturated rings. The molecule has 0 atom stereocenters. The van der Waals surface area contributed by atoms with E-state index in [2.05, 4.69) is 43.3 Å². The summed E-state index contributed by atoms with van der Waals surface area (Å²) in [4.78, 5) is 0. The Bertz CT molecular complexity index is 1110. The minimum absolute atomic E-state index is 0.152. The minimum atomic E-state index is -0.152. The van der Waals surface area contributed by atoms with Gasteiger partial charge < -0.3 is 0 Å². The fourth-order valence-electron chi connectivity index (χ4n) is 3.93. The quantitative estimate of drug-likeness (QED) is 0.307. The van der Waals surface area contributed by atoms with Crippen LogP contribution in [0.25, 0.3) is 32.7 Å². The molecule has 5 rings (SSSR count). The van der Waals surface area contributed by atoms with Crippen LogP contribution in [0.5, 0.6) is 0 Å². The van der Waals surface area contributed by atoms with Gasteiger partial charge in [0.15, 0.2) is 0 Å². The van der Waals surface area contributed by atoms with Crippen LogP contribution in [-0.4, -0.2) is 0 Å². The summed E-state index contributed by atoms with van der Waals surface area (Å²) in [6.07, 6.45) is 0.988. The first-order valence-electron chi connectivity index (χ1n) is 7.95. The molecule has 0 nitrogen and oxygen atoms in total. The van der Waals surface area contributed by atoms with E-state index in [1.54, 1.807) is 6.07 Å². The van der Waals surface area contributed by atoms with Gasteiger partial charge in [0.1, 0.15) is 5.82 Å². The molecular formula is C22H15F. The van der Waals surface area contributed by atoms with Gasteiger partial charge in [-0.1, -0.05) is 60.2 Å². The highest BCUT2D eigenvalue weighted by atomic mass is 19.1. The van der Waals surface area contributed by atoms with E-state index in [-0.39, 0.29) is 5.82 Å². The molecule has 0 radical (unpaired) electrons. The van der Waals surface area contributed by atoms with Crippen LogP contribution < -0.4 is 0 Å². The summed E-state index contributed by atoms with van der Waals surface area (Å²) in [7, 11) is 0. The third-order valence-corrected chi connectivity index (χ3v) is 5.01. The van der Waals surface area contributed by atoms with Crippen molar-refractivity contribution in [2.24, 2.45) is 0 Å². The van der Waals surface area contributed by atoms with Gasteiger partial charge in [0.25, 0.3) is 0 Å². The number of hydrogen-bond donors (Lipinski definition) is 0. The van der Waals surface area contributed by atoms with Crippen LogP contribution in [0, 0.1) is 12.7 Å². The van der Waals surface area contributed by atoms with Crippen LogP contribution in [-0.2, 0) is 6.42 Å². The van der Waals surface area contributed by atoms with Crippen LogP contribution in [0.3, 0.4) is 0 Å². The molecule has 1 aliphatic carbocycles. The smallest absolute Gasteiger partial charge is 0.131 e. The number of aryl methyl sites for hydroxylation is 1. The molecule has 23 heavy (non-hydrogen) atoms.